The number of imide groups is 2. The number of hydrogen-bond donors (Lipinski definition) is 1. The number of rotatable bonds is 8. The van der Waals surface area contributed by atoms with Gasteiger partial charge in [-0.05, 0) is 72.5 Å². The van der Waals surface area contributed by atoms with Crippen LogP contribution in [0.1, 0.15) is 22.3 Å². The summed E-state index contributed by atoms with van der Waals surface area (Å²) >= 11 is 9.63. The molecule has 194 valence electrons. The van der Waals surface area contributed by atoms with Crippen LogP contribution in [0.2, 0.25) is 5.02 Å². The first-order chi connectivity index (χ1) is 18.2. The number of nitrogens with zero attached hydrogens (tertiary/aromatic N) is 1. The maximum atomic E-state index is 13.4. The molecule has 1 saturated heterocycles. The summed E-state index contributed by atoms with van der Waals surface area (Å²) < 4.78 is 12.7. The fourth-order valence-corrected chi connectivity index (χ4v) is 4.44. The summed E-state index contributed by atoms with van der Waals surface area (Å²) in [5.41, 5.74) is 2.86. The van der Waals surface area contributed by atoms with Crippen molar-refractivity contribution in [1.82, 2.24) is 5.32 Å². The SMILES string of the molecule is C=CCc1cc(/C=C2\C(=O)NC(=O)N(c3cccc(Cl)c3C)C2=O)cc(OC)c1OCc1ccc(Br)cc1. The normalized spacial score (nSPS) is 14.5. The van der Waals surface area contributed by atoms with Crippen LogP contribution in [0.15, 0.2) is 77.3 Å². The summed E-state index contributed by atoms with van der Waals surface area (Å²) in [5, 5.41) is 2.63. The van der Waals surface area contributed by atoms with Gasteiger partial charge >= 0.3 is 6.03 Å². The fourth-order valence-electron chi connectivity index (χ4n) is 4.01. The zero-order valence-corrected chi connectivity index (χ0v) is 23.1. The van der Waals surface area contributed by atoms with Crippen LogP contribution in [-0.2, 0) is 22.6 Å². The van der Waals surface area contributed by atoms with Crippen molar-refractivity contribution in [3.05, 3.63) is 105 Å². The van der Waals surface area contributed by atoms with Gasteiger partial charge in [0.2, 0.25) is 0 Å². The van der Waals surface area contributed by atoms with Crippen molar-refractivity contribution >= 4 is 57.1 Å². The zero-order chi connectivity index (χ0) is 27.4. The lowest BCUT2D eigenvalue weighted by Crippen LogP contribution is -2.54. The number of benzene rings is 3. The second-order valence-corrected chi connectivity index (χ2v) is 9.78. The van der Waals surface area contributed by atoms with Crippen molar-refractivity contribution in [3.63, 3.8) is 0 Å². The summed E-state index contributed by atoms with van der Waals surface area (Å²) in [6.45, 7) is 5.83. The van der Waals surface area contributed by atoms with Gasteiger partial charge in [0, 0.05) is 15.1 Å². The molecular formula is C29H24BrClN2O5. The summed E-state index contributed by atoms with van der Waals surface area (Å²) in [5.74, 6) is -0.599. The predicted octanol–water partition coefficient (Wildman–Crippen LogP) is 6.39. The van der Waals surface area contributed by atoms with Crippen LogP contribution >= 0.6 is 27.5 Å². The van der Waals surface area contributed by atoms with Gasteiger partial charge in [0.15, 0.2) is 11.5 Å². The van der Waals surface area contributed by atoms with Crippen LogP contribution < -0.4 is 19.7 Å². The average Bonchev–Trinajstić information content (AvgIpc) is 2.89. The number of barbiturate groups is 1. The van der Waals surface area contributed by atoms with Crippen LogP contribution in [0, 0.1) is 6.92 Å². The molecule has 0 atom stereocenters. The first-order valence-electron chi connectivity index (χ1n) is 11.6. The standard InChI is InChI=1S/C29H24BrClN2O5/c1-4-6-20-13-19(15-25(37-3)26(20)38-16-18-9-11-21(30)12-10-18)14-22-27(34)32-29(36)33(28(22)35)24-8-5-7-23(31)17(24)2/h4-5,7-15H,1,6,16H2,2-3H3,(H,32,34,36)/b22-14+. The number of allylic oxidation sites excluding steroid dienone is 1. The van der Waals surface area contributed by atoms with E-state index in [1.165, 1.54) is 13.2 Å². The van der Waals surface area contributed by atoms with Crippen molar-refractivity contribution in [2.75, 3.05) is 12.0 Å². The van der Waals surface area contributed by atoms with E-state index >= 15 is 0 Å². The summed E-state index contributed by atoms with van der Waals surface area (Å²) in [6.07, 6.45) is 3.60. The topological polar surface area (TPSA) is 84.9 Å². The maximum absolute atomic E-state index is 13.4. The van der Waals surface area contributed by atoms with Crippen molar-refractivity contribution in [3.8, 4) is 11.5 Å². The number of ether oxygens (including phenoxy) is 2. The molecule has 1 N–H and O–H groups in total. The molecule has 7 nitrogen and oxygen atoms in total. The number of urea groups is 1. The van der Waals surface area contributed by atoms with Gasteiger partial charge in [-0.2, -0.15) is 0 Å². The number of nitrogens with one attached hydrogen (secondary N) is 1. The van der Waals surface area contributed by atoms with Gasteiger partial charge in [-0.3, -0.25) is 14.9 Å². The Labute approximate surface area is 233 Å². The molecule has 3 aromatic rings. The number of halogens is 2. The minimum atomic E-state index is -0.843. The Morgan fingerprint density at radius 1 is 1.11 bits per heavy atom. The largest absolute Gasteiger partial charge is 0.493 e. The molecule has 0 aliphatic carbocycles. The van der Waals surface area contributed by atoms with Gasteiger partial charge in [-0.25, -0.2) is 9.69 Å². The Hall–Kier alpha value is -3.88. The minimum Gasteiger partial charge on any atom is -0.493 e. The Morgan fingerprint density at radius 2 is 1.84 bits per heavy atom. The predicted molar refractivity (Wildman–Crippen MR) is 151 cm³/mol. The average molecular weight is 596 g/mol. The highest BCUT2D eigenvalue weighted by molar-refractivity contribution is 9.10. The summed E-state index contributed by atoms with van der Waals surface area (Å²) in [4.78, 5) is 39.6. The van der Waals surface area contributed by atoms with Crippen LogP contribution in [0.3, 0.4) is 0 Å². The lowest BCUT2D eigenvalue weighted by molar-refractivity contribution is -0.122. The smallest absolute Gasteiger partial charge is 0.335 e. The Kier molecular flexibility index (Phi) is 8.34. The highest BCUT2D eigenvalue weighted by Gasteiger charge is 2.37. The molecule has 4 amide bonds. The third-order valence-corrected chi connectivity index (χ3v) is 6.87. The second kappa shape index (κ2) is 11.7. The van der Waals surface area contributed by atoms with Crippen LogP contribution in [0.4, 0.5) is 10.5 Å². The summed E-state index contributed by atoms with van der Waals surface area (Å²) in [6, 6.07) is 15.3. The third-order valence-electron chi connectivity index (χ3n) is 5.93. The van der Waals surface area contributed by atoms with E-state index in [4.69, 9.17) is 21.1 Å². The minimum absolute atomic E-state index is 0.209. The molecule has 1 heterocycles. The Balaban J connectivity index is 1.71. The molecule has 4 rings (SSSR count). The van der Waals surface area contributed by atoms with E-state index in [1.54, 1.807) is 43.3 Å². The van der Waals surface area contributed by atoms with E-state index in [-0.39, 0.29) is 5.57 Å². The number of amides is 4. The molecule has 0 saturated carbocycles. The van der Waals surface area contributed by atoms with E-state index in [0.29, 0.717) is 46.4 Å². The highest BCUT2D eigenvalue weighted by Crippen LogP contribution is 2.36. The van der Waals surface area contributed by atoms with E-state index < -0.39 is 17.8 Å². The first-order valence-corrected chi connectivity index (χ1v) is 12.8. The van der Waals surface area contributed by atoms with Gasteiger partial charge in [0.25, 0.3) is 11.8 Å². The van der Waals surface area contributed by atoms with E-state index in [1.807, 2.05) is 24.3 Å². The Bertz CT molecular complexity index is 1470. The molecule has 1 aliphatic heterocycles. The molecule has 0 unspecified atom stereocenters. The van der Waals surface area contributed by atoms with Crippen LogP contribution in [0.5, 0.6) is 11.5 Å². The molecule has 38 heavy (non-hydrogen) atoms. The third kappa shape index (κ3) is 5.66. The van der Waals surface area contributed by atoms with Crippen molar-refractivity contribution in [2.45, 2.75) is 20.0 Å². The molecular weight excluding hydrogens is 572 g/mol. The lowest BCUT2D eigenvalue weighted by Gasteiger charge is -2.27. The highest BCUT2D eigenvalue weighted by atomic mass is 79.9. The molecule has 3 aromatic carbocycles. The molecule has 1 fully saturated rings. The van der Waals surface area contributed by atoms with Gasteiger partial charge in [0.1, 0.15) is 12.2 Å². The maximum Gasteiger partial charge on any atom is 0.335 e. The first kappa shape index (κ1) is 27.2. The fraction of sp³-hybridized carbons (Fsp3) is 0.138. The van der Waals surface area contributed by atoms with Crippen molar-refractivity contribution in [1.29, 1.82) is 0 Å². The molecule has 0 spiro atoms. The van der Waals surface area contributed by atoms with Gasteiger partial charge in [-0.1, -0.05) is 51.8 Å². The van der Waals surface area contributed by atoms with Crippen molar-refractivity contribution < 1.29 is 23.9 Å². The molecule has 0 bridgehead atoms. The Morgan fingerprint density at radius 3 is 2.53 bits per heavy atom. The molecule has 1 aliphatic rings. The van der Waals surface area contributed by atoms with Crippen LogP contribution in [-0.4, -0.2) is 25.0 Å². The van der Waals surface area contributed by atoms with Gasteiger partial charge in [-0.15, -0.1) is 6.58 Å². The van der Waals surface area contributed by atoms with E-state index in [2.05, 4.69) is 27.8 Å². The number of carbonyl (C=O) groups is 3. The van der Waals surface area contributed by atoms with Gasteiger partial charge in [0.05, 0.1) is 12.8 Å². The van der Waals surface area contributed by atoms with Crippen LogP contribution in [0.25, 0.3) is 6.08 Å². The van der Waals surface area contributed by atoms with E-state index in [9.17, 15) is 14.4 Å². The van der Waals surface area contributed by atoms with E-state index in [0.717, 1.165) is 20.5 Å². The second-order valence-electron chi connectivity index (χ2n) is 8.46. The number of anilines is 1. The zero-order valence-electron chi connectivity index (χ0n) is 20.7. The molecule has 9 heteroatoms. The number of methoxy groups -OCH3 is 1. The number of carbonyl (C=O) groups excluding carboxylic acids is 3. The lowest BCUT2D eigenvalue weighted by atomic mass is 10.0. The quantitative estimate of drug-likeness (QED) is 0.185. The monoisotopic (exact) mass is 594 g/mol. The number of hydrogen-bond acceptors (Lipinski definition) is 5. The van der Waals surface area contributed by atoms with Gasteiger partial charge < -0.3 is 9.47 Å². The van der Waals surface area contributed by atoms with Crippen molar-refractivity contribution in [2.24, 2.45) is 0 Å². The summed E-state index contributed by atoms with van der Waals surface area (Å²) in [7, 11) is 1.51. The molecule has 0 radical (unpaired) electrons. The molecule has 0 aromatic heterocycles.